The van der Waals surface area contributed by atoms with Crippen molar-refractivity contribution in [3.8, 4) is 5.69 Å². The van der Waals surface area contributed by atoms with E-state index in [2.05, 4.69) is 10.4 Å². The van der Waals surface area contributed by atoms with Crippen LogP contribution in [0.15, 0.2) is 65.6 Å². The van der Waals surface area contributed by atoms with Crippen LogP contribution in [0.5, 0.6) is 0 Å². The number of benzene rings is 2. The molecule has 0 aliphatic heterocycles. The molecule has 4 rings (SSSR count). The minimum atomic E-state index is -0.457. The average Bonchev–Trinajstić information content (AvgIpc) is 3.04. The summed E-state index contributed by atoms with van der Waals surface area (Å²) in [5, 5.41) is 8.77. The van der Waals surface area contributed by atoms with Crippen LogP contribution in [0.3, 0.4) is 0 Å². The maximum Gasteiger partial charge on any atom is 0.281 e. The van der Waals surface area contributed by atoms with Crippen molar-refractivity contribution in [3.63, 3.8) is 0 Å². The number of hydrogen-bond acceptors (Lipinski definition) is 3. The molecule has 0 fully saturated rings. The molecular formula is C25H26N4O2. The van der Waals surface area contributed by atoms with E-state index in [1.807, 2.05) is 86.9 Å². The van der Waals surface area contributed by atoms with E-state index in [0.717, 1.165) is 27.9 Å². The summed E-state index contributed by atoms with van der Waals surface area (Å²) in [6.45, 7) is 8.17. The number of para-hydroxylation sites is 1. The Hall–Kier alpha value is -3.67. The first kappa shape index (κ1) is 20.6. The average molecular weight is 415 g/mol. The summed E-state index contributed by atoms with van der Waals surface area (Å²) in [6, 6.07) is 16.9. The Morgan fingerprint density at radius 3 is 2.39 bits per heavy atom. The van der Waals surface area contributed by atoms with Gasteiger partial charge in [-0.25, -0.2) is 0 Å². The molecule has 6 heteroatoms. The van der Waals surface area contributed by atoms with Gasteiger partial charge in [0.2, 0.25) is 5.91 Å². The molecule has 31 heavy (non-hydrogen) atoms. The van der Waals surface area contributed by atoms with E-state index in [-0.39, 0.29) is 11.5 Å². The van der Waals surface area contributed by atoms with Crippen molar-refractivity contribution in [1.29, 1.82) is 0 Å². The summed E-state index contributed by atoms with van der Waals surface area (Å²) < 4.78 is 3.33. The Morgan fingerprint density at radius 2 is 1.68 bits per heavy atom. The van der Waals surface area contributed by atoms with Gasteiger partial charge in [-0.05, 0) is 51.0 Å². The molecule has 0 saturated carbocycles. The first-order chi connectivity index (χ1) is 14.9. The van der Waals surface area contributed by atoms with Gasteiger partial charge in [0.15, 0.2) is 0 Å². The van der Waals surface area contributed by atoms with Crippen LogP contribution in [0, 0.1) is 20.8 Å². The molecule has 4 aromatic rings. The first-order valence-corrected chi connectivity index (χ1v) is 10.4. The number of nitrogens with one attached hydrogen (secondary N) is 1. The SMILES string of the molecule is Cc1ccccc1CNC(=O)[C@H](C)n1c(C)c2cnn(-c3ccccc3)c(=O)c2c1C. The number of hydrogen-bond donors (Lipinski definition) is 1. The smallest absolute Gasteiger partial charge is 0.281 e. The minimum absolute atomic E-state index is 0.0916. The molecule has 0 aliphatic carbocycles. The van der Waals surface area contributed by atoms with Crippen molar-refractivity contribution in [2.45, 2.75) is 40.3 Å². The second kappa shape index (κ2) is 8.22. The van der Waals surface area contributed by atoms with Gasteiger partial charge in [-0.2, -0.15) is 9.78 Å². The fraction of sp³-hybridized carbons (Fsp3) is 0.240. The largest absolute Gasteiger partial charge is 0.350 e. The fourth-order valence-electron chi connectivity index (χ4n) is 4.17. The highest BCUT2D eigenvalue weighted by molar-refractivity contribution is 5.89. The number of nitrogens with zero attached hydrogens (tertiary/aromatic N) is 3. The second-order valence-corrected chi connectivity index (χ2v) is 7.85. The zero-order valence-electron chi connectivity index (χ0n) is 18.2. The number of aromatic nitrogens is 3. The third-order valence-corrected chi connectivity index (χ3v) is 5.93. The molecule has 158 valence electrons. The number of carbonyl (C=O) groups excluding carboxylic acids is 1. The lowest BCUT2D eigenvalue weighted by atomic mass is 10.1. The molecule has 2 aromatic heterocycles. The molecule has 2 heterocycles. The predicted molar refractivity (Wildman–Crippen MR) is 123 cm³/mol. The number of fused-ring (bicyclic) bond motifs is 1. The molecule has 2 aromatic carbocycles. The second-order valence-electron chi connectivity index (χ2n) is 7.85. The Labute approximate surface area is 181 Å². The number of carbonyl (C=O) groups is 1. The zero-order chi connectivity index (χ0) is 22.1. The first-order valence-electron chi connectivity index (χ1n) is 10.4. The summed E-state index contributed by atoms with van der Waals surface area (Å²) >= 11 is 0. The molecule has 0 spiro atoms. The van der Waals surface area contributed by atoms with Crippen molar-refractivity contribution in [2.75, 3.05) is 0 Å². The van der Waals surface area contributed by atoms with E-state index in [0.29, 0.717) is 17.6 Å². The Bertz CT molecular complexity index is 1320. The van der Waals surface area contributed by atoms with Crippen LogP contribution in [0.25, 0.3) is 16.5 Å². The standard InChI is InChI=1S/C25H26N4O2/c1-16-10-8-9-11-20(16)14-26-24(30)19(4)28-17(2)22-15-27-29(21-12-6-5-7-13-21)25(31)23(22)18(28)3/h5-13,15,19H,14H2,1-4H3,(H,26,30)/t19-/m0/s1. The third-order valence-electron chi connectivity index (χ3n) is 5.93. The summed E-state index contributed by atoms with van der Waals surface area (Å²) in [7, 11) is 0. The third kappa shape index (κ3) is 3.65. The van der Waals surface area contributed by atoms with Gasteiger partial charge in [-0.3, -0.25) is 9.59 Å². The van der Waals surface area contributed by atoms with Gasteiger partial charge < -0.3 is 9.88 Å². The van der Waals surface area contributed by atoms with E-state index >= 15 is 0 Å². The normalized spacial score (nSPS) is 12.1. The lowest BCUT2D eigenvalue weighted by molar-refractivity contribution is -0.124. The van der Waals surface area contributed by atoms with Crippen LogP contribution < -0.4 is 10.9 Å². The van der Waals surface area contributed by atoms with Gasteiger partial charge in [-0.1, -0.05) is 42.5 Å². The van der Waals surface area contributed by atoms with Crippen LogP contribution in [-0.2, 0) is 11.3 Å². The number of rotatable bonds is 5. The van der Waals surface area contributed by atoms with E-state index in [1.54, 1.807) is 6.20 Å². The van der Waals surface area contributed by atoms with Crippen LogP contribution >= 0.6 is 0 Å². The predicted octanol–water partition coefficient (Wildman–Crippen LogP) is 3.99. The quantitative estimate of drug-likeness (QED) is 0.537. The molecule has 1 N–H and O–H groups in total. The van der Waals surface area contributed by atoms with Crippen LogP contribution in [0.2, 0.25) is 0 Å². The minimum Gasteiger partial charge on any atom is -0.350 e. The van der Waals surface area contributed by atoms with Gasteiger partial charge in [0.25, 0.3) is 5.56 Å². The van der Waals surface area contributed by atoms with Crippen LogP contribution in [-0.4, -0.2) is 20.3 Å². The molecular weight excluding hydrogens is 388 g/mol. The topological polar surface area (TPSA) is 68.9 Å². The van der Waals surface area contributed by atoms with Crippen molar-refractivity contribution >= 4 is 16.7 Å². The molecule has 1 amide bonds. The van der Waals surface area contributed by atoms with E-state index < -0.39 is 6.04 Å². The highest BCUT2D eigenvalue weighted by Crippen LogP contribution is 2.26. The lowest BCUT2D eigenvalue weighted by Crippen LogP contribution is -2.31. The zero-order valence-corrected chi connectivity index (χ0v) is 18.2. The van der Waals surface area contributed by atoms with Gasteiger partial charge in [0.05, 0.1) is 17.3 Å². The molecule has 1 atom stereocenters. The summed E-state index contributed by atoms with van der Waals surface area (Å²) in [4.78, 5) is 26.2. The van der Waals surface area contributed by atoms with Crippen molar-refractivity contribution in [2.24, 2.45) is 0 Å². The van der Waals surface area contributed by atoms with Crippen LogP contribution in [0.4, 0.5) is 0 Å². The van der Waals surface area contributed by atoms with Crippen LogP contribution in [0.1, 0.15) is 35.5 Å². The molecule has 6 nitrogen and oxygen atoms in total. The van der Waals surface area contributed by atoms with E-state index in [9.17, 15) is 9.59 Å². The van der Waals surface area contributed by atoms with E-state index in [4.69, 9.17) is 0 Å². The van der Waals surface area contributed by atoms with Crippen molar-refractivity contribution in [1.82, 2.24) is 19.7 Å². The van der Waals surface area contributed by atoms with Gasteiger partial charge >= 0.3 is 0 Å². The Kier molecular flexibility index (Phi) is 5.46. The molecule has 0 aliphatic rings. The fourth-order valence-corrected chi connectivity index (χ4v) is 4.17. The van der Waals surface area contributed by atoms with Gasteiger partial charge in [0.1, 0.15) is 6.04 Å². The lowest BCUT2D eigenvalue weighted by Gasteiger charge is -2.18. The summed E-state index contributed by atoms with van der Waals surface area (Å²) in [5.41, 5.74) is 4.38. The highest BCUT2D eigenvalue weighted by Gasteiger charge is 2.23. The van der Waals surface area contributed by atoms with Crippen molar-refractivity contribution in [3.05, 3.63) is 93.7 Å². The molecule has 0 unspecified atom stereocenters. The highest BCUT2D eigenvalue weighted by atomic mass is 16.2. The van der Waals surface area contributed by atoms with E-state index in [1.165, 1.54) is 4.68 Å². The summed E-state index contributed by atoms with van der Waals surface area (Å²) in [6.07, 6.45) is 1.71. The maximum absolute atomic E-state index is 13.2. The Balaban J connectivity index is 1.69. The summed E-state index contributed by atoms with van der Waals surface area (Å²) in [5.74, 6) is -0.0916. The number of amides is 1. The Morgan fingerprint density at radius 1 is 1.00 bits per heavy atom. The molecule has 0 bridgehead atoms. The maximum atomic E-state index is 13.2. The number of aryl methyl sites for hydroxylation is 3. The van der Waals surface area contributed by atoms with Gasteiger partial charge in [-0.15, -0.1) is 0 Å². The van der Waals surface area contributed by atoms with Gasteiger partial charge in [0, 0.05) is 23.3 Å². The molecule has 0 saturated heterocycles. The molecule has 0 radical (unpaired) electrons. The monoisotopic (exact) mass is 414 g/mol. The van der Waals surface area contributed by atoms with Crippen molar-refractivity contribution < 1.29 is 4.79 Å².